The summed E-state index contributed by atoms with van der Waals surface area (Å²) in [5.41, 5.74) is 3.69. The van der Waals surface area contributed by atoms with E-state index < -0.39 is 0 Å². The van der Waals surface area contributed by atoms with Crippen LogP contribution in [0.2, 0.25) is 0 Å². The summed E-state index contributed by atoms with van der Waals surface area (Å²) in [7, 11) is 1.79. The van der Waals surface area contributed by atoms with Gasteiger partial charge in [-0.25, -0.2) is 4.98 Å². The maximum atomic E-state index is 12.7. The van der Waals surface area contributed by atoms with Gasteiger partial charge >= 0.3 is 0 Å². The summed E-state index contributed by atoms with van der Waals surface area (Å²) in [5.74, 6) is 1.66. The molecule has 4 rings (SSSR count). The van der Waals surface area contributed by atoms with Gasteiger partial charge in [0.1, 0.15) is 17.3 Å². The molecule has 0 aliphatic carbocycles. The van der Waals surface area contributed by atoms with Crippen LogP contribution in [0, 0.1) is 6.92 Å². The molecule has 32 heavy (non-hydrogen) atoms. The lowest BCUT2D eigenvalue weighted by Crippen LogP contribution is -2.28. The Balaban J connectivity index is 1.41. The number of rotatable bonds is 9. The first-order chi connectivity index (χ1) is 15.6. The molecule has 4 aromatic rings. The summed E-state index contributed by atoms with van der Waals surface area (Å²) in [6.45, 7) is 3.98. The molecule has 1 amide bonds. The molecule has 0 aliphatic rings. The van der Waals surface area contributed by atoms with E-state index in [0.29, 0.717) is 18.8 Å². The third-order valence-electron chi connectivity index (χ3n) is 5.41. The number of nitrogens with zero attached hydrogens (tertiary/aromatic N) is 4. The first-order valence-electron chi connectivity index (χ1n) is 10.9. The SMILES string of the molecule is Cc1ccc(OCCCCn2c(CN(C)C(=O)c3ccccn3)nc3ccccc32)cc1. The molecular weight excluding hydrogens is 400 g/mol. The van der Waals surface area contributed by atoms with E-state index in [0.717, 1.165) is 42.0 Å². The second kappa shape index (κ2) is 10.1. The average molecular weight is 429 g/mol. The molecule has 0 N–H and O–H groups in total. The van der Waals surface area contributed by atoms with Crippen molar-refractivity contribution in [2.24, 2.45) is 0 Å². The van der Waals surface area contributed by atoms with Crippen molar-refractivity contribution < 1.29 is 9.53 Å². The van der Waals surface area contributed by atoms with Gasteiger partial charge in [-0.2, -0.15) is 0 Å². The van der Waals surface area contributed by atoms with E-state index in [9.17, 15) is 4.79 Å². The summed E-state index contributed by atoms with van der Waals surface area (Å²) in [6, 6.07) is 21.6. The number of para-hydroxylation sites is 2. The largest absolute Gasteiger partial charge is 0.494 e. The molecule has 2 aromatic heterocycles. The van der Waals surface area contributed by atoms with Gasteiger partial charge in [-0.05, 0) is 56.2 Å². The van der Waals surface area contributed by atoms with Crippen molar-refractivity contribution in [3.8, 4) is 5.75 Å². The zero-order valence-corrected chi connectivity index (χ0v) is 18.6. The highest BCUT2D eigenvalue weighted by atomic mass is 16.5. The maximum absolute atomic E-state index is 12.7. The van der Waals surface area contributed by atoms with Gasteiger partial charge in [0.15, 0.2) is 0 Å². The fourth-order valence-electron chi connectivity index (χ4n) is 3.66. The first kappa shape index (κ1) is 21.6. The Bertz CT molecular complexity index is 1170. The van der Waals surface area contributed by atoms with Gasteiger partial charge in [-0.3, -0.25) is 9.78 Å². The van der Waals surface area contributed by atoms with Gasteiger partial charge in [0, 0.05) is 19.8 Å². The van der Waals surface area contributed by atoms with Crippen molar-refractivity contribution in [3.05, 3.63) is 90.0 Å². The van der Waals surface area contributed by atoms with Gasteiger partial charge in [0.05, 0.1) is 24.2 Å². The Hall–Kier alpha value is -3.67. The molecule has 0 unspecified atom stereocenters. The number of ether oxygens (including phenoxy) is 1. The highest BCUT2D eigenvalue weighted by molar-refractivity contribution is 5.92. The van der Waals surface area contributed by atoms with Gasteiger partial charge in [0.2, 0.25) is 0 Å². The van der Waals surface area contributed by atoms with E-state index in [1.807, 2.05) is 36.4 Å². The first-order valence-corrected chi connectivity index (χ1v) is 10.9. The van der Waals surface area contributed by atoms with E-state index >= 15 is 0 Å². The maximum Gasteiger partial charge on any atom is 0.272 e. The average Bonchev–Trinajstić information content (AvgIpc) is 3.17. The second-order valence-electron chi connectivity index (χ2n) is 7.91. The summed E-state index contributed by atoms with van der Waals surface area (Å²) in [4.78, 5) is 23.4. The van der Waals surface area contributed by atoms with Crippen LogP contribution < -0.4 is 4.74 Å². The summed E-state index contributed by atoms with van der Waals surface area (Å²) >= 11 is 0. The molecule has 0 bridgehead atoms. The van der Waals surface area contributed by atoms with Crippen molar-refractivity contribution in [1.82, 2.24) is 19.4 Å². The highest BCUT2D eigenvalue weighted by Crippen LogP contribution is 2.19. The van der Waals surface area contributed by atoms with Gasteiger partial charge < -0.3 is 14.2 Å². The van der Waals surface area contributed by atoms with E-state index in [4.69, 9.17) is 9.72 Å². The second-order valence-corrected chi connectivity index (χ2v) is 7.91. The van der Waals surface area contributed by atoms with Gasteiger partial charge in [0.25, 0.3) is 5.91 Å². The van der Waals surface area contributed by atoms with Crippen molar-refractivity contribution in [2.75, 3.05) is 13.7 Å². The lowest BCUT2D eigenvalue weighted by atomic mass is 10.2. The van der Waals surface area contributed by atoms with E-state index in [-0.39, 0.29) is 5.91 Å². The number of hydrogen-bond donors (Lipinski definition) is 0. The minimum absolute atomic E-state index is 0.115. The molecule has 164 valence electrons. The van der Waals surface area contributed by atoms with E-state index in [1.54, 1.807) is 30.3 Å². The predicted molar refractivity (Wildman–Crippen MR) is 126 cm³/mol. The van der Waals surface area contributed by atoms with Crippen LogP contribution in [-0.4, -0.2) is 39.0 Å². The zero-order chi connectivity index (χ0) is 22.3. The van der Waals surface area contributed by atoms with Crippen LogP contribution in [0.25, 0.3) is 11.0 Å². The third kappa shape index (κ3) is 5.14. The Kier molecular flexibility index (Phi) is 6.80. The van der Waals surface area contributed by atoms with Gasteiger partial charge in [-0.1, -0.05) is 35.9 Å². The normalized spacial score (nSPS) is 10.9. The molecule has 0 radical (unpaired) electrons. The molecule has 6 heteroatoms. The smallest absolute Gasteiger partial charge is 0.272 e. The highest BCUT2D eigenvalue weighted by Gasteiger charge is 2.17. The molecule has 0 aliphatic heterocycles. The summed E-state index contributed by atoms with van der Waals surface area (Å²) < 4.78 is 8.07. The molecule has 0 atom stereocenters. The molecule has 0 spiro atoms. The van der Waals surface area contributed by atoms with Crippen LogP contribution >= 0.6 is 0 Å². The number of benzene rings is 2. The number of pyridine rings is 1. The zero-order valence-electron chi connectivity index (χ0n) is 18.6. The van der Waals surface area contributed by atoms with Crippen LogP contribution in [0.5, 0.6) is 5.75 Å². The molecule has 0 saturated heterocycles. The van der Waals surface area contributed by atoms with Gasteiger partial charge in [-0.15, -0.1) is 0 Å². The number of amides is 1. The molecule has 2 heterocycles. The molecular formula is C26H28N4O2. The van der Waals surface area contributed by atoms with E-state index in [2.05, 4.69) is 34.7 Å². The van der Waals surface area contributed by atoms with Crippen molar-refractivity contribution in [3.63, 3.8) is 0 Å². The molecule has 2 aromatic carbocycles. The number of carbonyl (C=O) groups is 1. The number of carbonyl (C=O) groups excluding carboxylic acids is 1. The van der Waals surface area contributed by atoms with E-state index in [1.165, 1.54) is 5.56 Å². The summed E-state index contributed by atoms with van der Waals surface area (Å²) in [6.07, 6.45) is 3.52. The van der Waals surface area contributed by atoms with Crippen LogP contribution in [0.15, 0.2) is 72.9 Å². The van der Waals surface area contributed by atoms with Crippen LogP contribution in [0.4, 0.5) is 0 Å². The van der Waals surface area contributed by atoms with Crippen molar-refractivity contribution >= 4 is 16.9 Å². The number of imidazole rings is 1. The lowest BCUT2D eigenvalue weighted by Gasteiger charge is -2.17. The predicted octanol–water partition coefficient (Wildman–Crippen LogP) is 4.87. The fraction of sp³-hybridized carbons (Fsp3) is 0.269. The molecule has 0 saturated carbocycles. The van der Waals surface area contributed by atoms with Crippen molar-refractivity contribution in [2.45, 2.75) is 32.9 Å². The topological polar surface area (TPSA) is 60.2 Å². The molecule has 0 fully saturated rings. The minimum Gasteiger partial charge on any atom is -0.494 e. The number of aryl methyl sites for hydroxylation is 2. The van der Waals surface area contributed by atoms with Crippen LogP contribution in [0.3, 0.4) is 0 Å². The Morgan fingerprint density at radius 1 is 1.00 bits per heavy atom. The summed E-state index contributed by atoms with van der Waals surface area (Å²) in [5, 5.41) is 0. The Labute approximate surface area is 188 Å². The number of fused-ring (bicyclic) bond motifs is 1. The van der Waals surface area contributed by atoms with Crippen molar-refractivity contribution in [1.29, 1.82) is 0 Å². The quantitative estimate of drug-likeness (QED) is 0.357. The van der Waals surface area contributed by atoms with Crippen LogP contribution in [0.1, 0.15) is 34.7 Å². The number of aromatic nitrogens is 3. The minimum atomic E-state index is -0.115. The van der Waals surface area contributed by atoms with Crippen LogP contribution in [-0.2, 0) is 13.1 Å². The Morgan fingerprint density at radius 2 is 1.78 bits per heavy atom. The number of unbranched alkanes of at least 4 members (excludes halogenated alkanes) is 1. The lowest BCUT2D eigenvalue weighted by molar-refractivity contribution is 0.0774. The monoisotopic (exact) mass is 428 g/mol. The third-order valence-corrected chi connectivity index (χ3v) is 5.41. The molecule has 6 nitrogen and oxygen atoms in total. The standard InChI is InChI=1S/C26H28N4O2/c1-20-12-14-21(15-13-20)32-18-8-7-17-30-24-11-4-3-9-22(24)28-25(30)19-29(2)26(31)23-10-5-6-16-27-23/h3-6,9-16H,7-8,17-19H2,1-2H3. The number of hydrogen-bond acceptors (Lipinski definition) is 4. The fourth-order valence-corrected chi connectivity index (χ4v) is 3.66. The Morgan fingerprint density at radius 3 is 2.56 bits per heavy atom.